The lowest BCUT2D eigenvalue weighted by atomic mass is 10.1. The first-order valence-electron chi connectivity index (χ1n) is 7.53. The van der Waals surface area contributed by atoms with Crippen LogP contribution >= 0.6 is 11.8 Å². The quantitative estimate of drug-likeness (QED) is 0.436. The van der Waals surface area contributed by atoms with Gasteiger partial charge >= 0.3 is 6.08 Å². The summed E-state index contributed by atoms with van der Waals surface area (Å²) < 4.78 is 21.0. The Hall–Kier alpha value is -1.82. The summed E-state index contributed by atoms with van der Waals surface area (Å²) in [5.41, 5.74) is 0.414. The zero-order valence-electron chi connectivity index (χ0n) is 13.9. The number of imidazole rings is 1. The molecule has 1 aliphatic rings. The van der Waals surface area contributed by atoms with Crippen LogP contribution in [0.5, 0.6) is 0 Å². The average molecular weight is 370 g/mol. The molecule has 11 heteroatoms. The molecular weight excluding hydrogens is 351 g/mol. The molecule has 1 fully saturated rings. The number of thioether (sulfide) groups is 1. The van der Waals surface area contributed by atoms with Crippen LogP contribution < -0.4 is 0 Å². The van der Waals surface area contributed by atoms with E-state index in [2.05, 4.69) is 19.9 Å². The standard InChI is InChI=1S/C14H19FN6O3S/c1-20(2)5-17-11-8-12(19-14(15)18-11)21(6-16-8)13-10(23)9(22)7(24-13)4-25-3/h5-7,9-10,13,22-23H,4H2,1-3H3/b17-5+/t7-,9-,10-,13-/m1/s1. The Morgan fingerprint density at radius 2 is 2.16 bits per heavy atom. The molecule has 0 saturated carbocycles. The van der Waals surface area contributed by atoms with Crippen LogP contribution in [0.1, 0.15) is 6.23 Å². The Labute approximate surface area is 147 Å². The van der Waals surface area contributed by atoms with E-state index in [4.69, 9.17) is 4.74 Å². The first-order chi connectivity index (χ1) is 11.9. The van der Waals surface area contributed by atoms with Crippen molar-refractivity contribution in [3.8, 4) is 0 Å². The van der Waals surface area contributed by atoms with Gasteiger partial charge in [0.2, 0.25) is 0 Å². The largest absolute Gasteiger partial charge is 0.387 e. The van der Waals surface area contributed by atoms with Crippen molar-refractivity contribution in [2.45, 2.75) is 24.5 Å². The molecule has 0 unspecified atom stereocenters. The molecule has 4 atom stereocenters. The highest BCUT2D eigenvalue weighted by atomic mass is 32.2. The SMILES string of the molecule is CSC[C@H]1O[C@@H](n2cnc3c(/N=C/N(C)C)nc(F)nc32)[C@H](O)[C@@H]1O. The van der Waals surface area contributed by atoms with Crippen molar-refractivity contribution in [1.29, 1.82) is 0 Å². The summed E-state index contributed by atoms with van der Waals surface area (Å²) in [6, 6.07) is 0. The van der Waals surface area contributed by atoms with Gasteiger partial charge in [-0.15, -0.1) is 0 Å². The number of hydrogen-bond donors (Lipinski definition) is 2. The van der Waals surface area contributed by atoms with Crippen molar-refractivity contribution < 1.29 is 19.3 Å². The molecule has 0 aliphatic carbocycles. The van der Waals surface area contributed by atoms with E-state index in [9.17, 15) is 14.6 Å². The molecule has 1 aliphatic heterocycles. The number of rotatable bonds is 5. The number of aliphatic hydroxyl groups is 2. The topological polar surface area (TPSA) is 109 Å². The third-order valence-corrected chi connectivity index (χ3v) is 4.39. The molecule has 0 radical (unpaired) electrons. The Morgan fingerprint density at radius 3 is 2.84 bits per heavy atom. The summed E-state index contributed by atoms with van der Waals surface area (Å²) >= 11 is 1.49. The van der Waals surface area contributed by atoms with Crippen molar-refractivity contribution >= 4 is 35.1 Å². The lowest BCUT2D eigenvalue weighted by molar-refractivity contribution is -0.0289. The van der Waals surface area contributed by atoms with Crippen LogP contribution in [0.15, 0.2) is 11.3 Å². The minimum atomic E-state index is -1.18. The van der Waals surface area contributed by atoms with Gasteiger partial charge in [0.15, 0.2) is 23.2 Å². The molecular formula is C14H19FN6O3S. The van der Waals surface area contributed by atoms with Gasteiger partial charge in [-0.25, -0.2) is 9.98 Å². The molecule has 3 heterocycles. The van der Waals surface area contributed by atoms with Gasteiger partial charge in [0.25, 0.3) is 0 Å². The van der Waals surface area contributed by atoms with Crippen LogP contribution in [0.3, 0.4) is 0 Å². The van der Waals surface area contributed by atoms with E-state index in [-0.39, 0.29) is 17.0 Å². The minimum Gasteiger partial charge on any atom is -0.387 e. The van der Waals surface area contributed by atoms with Crippen molar-refractivity contribution in [3.05, 3.63) is 12.4 Å². The van der Waals surface area contributed by atoms with Crippen molar-refractivity contribution in [1.82, 2.24) is 24.4 Å². The number of hydrogen-bond acceptors (Lipinski definition) is 8. The van der Waals surface area contributed by atoms with E-state index < -0.39 is 30.6 Å². The van der Waals surface area contributed by atoms with Gasteiger partial charge in [-0.2, -0.15) is 26.1 Å². The molecule has 2 N–H and O–H groups in total. The molecule has 25 heavy (non-hydrogen) atoms. The Bertz CT molecular complexity index is 785. The maximum absolute atomic E-state index is 13.8. The summed E-state index contributed by atoms with van der Waals surface area (Å²) in [4.78, 5) is 17.4. The number of aromatic nitrogens is 4. The fourth-order valence-corrected chi connectivity index (χ4v) is 3.19. The van der Waals surface area contributed by atoms with Gasteiger partial charge in [-0.1, -0.05) is 0 Å². The number of aliphatic imine (C=N–C) groups is 1. The maximum Gasteiger partial charge on any atom is 0.312 e. The van der Waals surface area contributed by atoms with E-state index in [1.807, 2.05) is 6.26 Å². The smallest absolute Gasteiger partial charge is 0.312 e. The summed E-state index contributed by atoms with van der Waals surface area (Å²) in [5, 5.41) is 20.4. The number of nitrogens with zero attached hydrogens (tertiary/aromatic N) is 6. The van der Waals surface area contributed by atoms with E-state index in [1.54, 1.807) is 19.0 Å². The molecule has 0 bridgehead atoms. The average Bonchev–Trinajstić information content (AvgIpc) is 3.09. The lowest BCUT2D eigenvalue weighted by Gasteiger charge is -2.16. The highest BCUT2D eigenvalue weighted by molar-refractivity contribution is 7.98. The van der Waals surface area contributed by atoms with E-state index in [0.29, 0.717) is 5.75 Å². The Balaban J connectivity index is 2.01. The molecule has 2 aromatic rings. The molecule has 1 saturated heterocycles. The molecule has 9 nitrogen and oxygen atoms in total. The van der Waals surface area contributed by atoms with Gasteiger partial charge < -0.3 is 19.8 Å². The van der Waals surface area contributed by atoms with Crippen molar-refractivity contribution in [3.63, 3.8) is 0 Å². The van der Waals surface area contributed by atoms with Crippen LogP contribution in [-0.4, -0.2) is 85.4 Å². The van der Waals surface area contributed by atoms with Gasteiger partial charge in [-0.05, 0) is 6.26 Å². The number of fused-ring (bicyclic) bond motifs is 1. The van der Waals surface area contributed by atoms with Gasteiger partial charge in [0.1, 0.15) is 12.2 Å². The zero-order valence-corrected chi connectivity index (χ0v) is 14.8. The van der Waals surface area contributed by atoms with E-state index in [1.165, 1.54) is 29.0 Å². The number of halogens is 1. The summed E-state index contributed by atoms with van der Waals surface area (Å²) in [7, 11) is 3.54. The van der Waals surface area contributed by atoms with E-state index >= 15 is 0 Å². The highest BCUT2D eigenvalue weighted by Gasteiger charge is 2.44. The summed E-state index contributed by atoms with van der Waals surface area (Å²) in [6.45, 7) is 0. The molecule has 0 aromatic carbocycles. The predicted molar refractivity (Wildman–Crippen MR) is 91.4 cm³/mol. The molecule has 3 rings (SSSR count). The van der Waals surface area contributed by atoms with Crippen LogP contribution in [0.25, 0.3) is 11.2 Å². The van der Waals surface area contributed by atoms with Crippen LogP contribution in [0.2, 0.25) is 0 Å². The van der Waals surface area contributed by atoms with Gasteiger partial charge in [0, 0.05) is 19.8 Å². The third-order valence-electron chi connectivity index (χ3n) is 3.73. The fraction of sp³-hybridized carbons (Fsp3) is 0.571. The normalized spacial score (nSPS) is 26.8. The predicted octanol–water partition coefficient (Wildman–Crippen LogP) is 0.169. The zero-order chi connectivity index (χ0) is 18.1. The van der Waals surface area contributed by atoms with Gasteiger partial charge in [-0.3, -0.25) is 4.57 Å². The lowest BCUT2D eigenvalue weighted by Crippen LogP contribution is -2.32. The van der Waals surface area contributed by atoms with Crippen LogP contribution in [-0.2, 0) is 4.74 Å². The fourth-order valence-electron chi connectivity index (χ4n) is 2.58. The third kappa shape index (κ3) is 3.45. The summed E-state index contributed by atoms with van der Waals surface area (Å²) in [5.74, 6) is 0.590. The Kier molecular flexibility index (Phi) is 5.18. The van der Waals surface area contributed by atoms with E-state index in [0.717, 1.165) is 0 Å². The second kappa shape index (κ2) is 7.20. The van der Waals surface area contributed by atoms with Gasteiger partial charge in [0.05, 0.1) is 18.8 Å². The molecule has 2 aromatic heterocycles. The molecule has 0 spiro atoms. The number of ether oxygens (including phenoxy) is 1. The molecule has 0 amide bonds. The van der Waals surface area contributed by atoms with Crippen LogP contribution in [0.4, 0.5) is 10.2 Å². The second-order valence-electron chi connectivity index (χ2n) is 5.85. The first kappa shape index (κ1) is 18.0. The van der Waals surface area contributed by atoms with Crippen LogP contribution in [0, 0.1) is 6.08 Å². The monoisotopic (exact) mass is 370 g/mol. The highest BCUT2D eigenvalue weighted by Crippen LogP contribution is 2.33. The minimum absolute atomic E-state index is 0.0728. The number of aliphatic hydroxyl groups excluding tert-OH is 2. The van der Waals surface area contributed by atoms with Crippen molar-refractivity contribution in [2.75, 3.05) is 26.1 Å². The maximum atomic E-state index is 13.8. The first-order valence-corrected chi connectivity index (χ1v) is 8.93. The summed E-state index contributed by atoms with van der Waals surface area (Å²) in [6.07, 6.45) is 0.0695. The Morgan fingerprint density at radius 1 is 1.40 bits per heavy atom. The van der Waals surface area contributed by atoms with Crippen molar-refractivity contribution in [2.24, 2.45) is 4.99 Å². The second-order valence-corrected chi connectivity index (χ2v) is 6.76. The molecule has 136 valence electrons.